The maximum absolute atomic E-state index is 12.8. The molecule has 2 N–H and O–H groups in total. The number of anilines is 3. The van der Waals surface area contributed by atoms with Crippen molar-refractivity contribution in [2.24, 2.45) is 0 Å². The first-order valence-electron chi connectivity index (χ1n) is 11.3. The number of rotatable bonds is 5. The fourth-order valence-electron chi connectivity index (χ4n) is 3.92. The van der Waals surface area contributed by atoms with Crippen molar-refractivity contribution in [3.63, 3.8) is 0 Å². The first kappa shape index (κ1) is 24.8. The third kappa shape index (κ3) is 6.01. The van der Waals surface area contributed by atoms with E-state index >= 15 is 0 Å². The molecule has 9 heteroatoms. The highest BCUT2D eigenvalue weighted by atomic mass is 35.5. The number of nitrogens with one attached hydrogen (secondary N) is 2. The van der Waals surface area contributed by atoms with Gasteiger partial charge in [0, 0.05) is 23.4 Å². The second-order valence-electron chi connectivity index (χ2n) is 8.47. The van der Waals surface area contributed by atoms with E-state index in [1.54, 1.807) is 60.7 Å². The van der Waals surface area contributed by atoms with Crippen LogP contribution in [0.2, 0.25) is 5.02 Å². The molecule has 1 heterocycles. The lowest BCUT2D eigenvalue weighted by Gasteiger charge is -2.22. The number of aryl methyl sites for hydroxylation is 1. The molecule has 2 amide bonds. The molecule has 1 aliphatic rings. The summed E-state index contributed by atoms with van der Waals surface area (Å²) in [5.41, 5.74) is 3.22. The lowest BCUT2D eigenvalue weighted by molar-refractivity contribution is 0.101. The maximum Gasteiger partial charge on any atom is 0.255 e. The summed E-state index contributed by atoms with van der Waals surface area (Å²) in [5, 5.41) is 5.91. The SMILES string of the molecule is Cc1cccc(C(=O)Nc2cc(NC(=O)c3ccc(N4CCCCCS4(=O)=O)cc3)ccc2Cl)c1. The molecule has 4 rings (SSSR count). The topological polar surface area (TPSA) is 95.6 Å². The molecule has 0 atom stereocenters. The molecule has 3 aromatic carbocycles. The quantitative estimate of drug-likeness (QED) is 0.474. The van der Waals surface area contributed by atoms with Crippen LogP contribution in [0.15, 0.2) is 66.7 Å². The molecule has 0 saturated carbocycles. The van der Waals surface area contributed by atoms with Crippen LogP contribution in [0.25, 0.3) is 0 Å². The molecule has 0 bridgehead atoms. The van der Waals surface area contributed by atoms with E-state index in [-0.39, 0.29) is 17.6 Å². The summed E-state index contributed by atoms with van der Waals surface area (Å²) in [6, 6.07) is 18.5. The van der Waals surface area contributed by atoms with Crippen LogP contribution in [-0.4, -0.2) is 32.5 Å². The molecule has 35 heavy (non-hydrogen) atoms. The maximum atomic E-state index is 12.8. The summed E-state index contributed by atoms with van der Waals surface area (Å²) in [6.45, 7) is 2.34. The van der Waals surface area contributed by atoms with E-state index in [1.807, 2.05) is 13.0 Å². The molecular formula is C26H26ClN3O4S. The Morgan fingerprint density at radius 1 is 0.857 bits per heavy atom. The summed E-state index contributed by atoms with van der Waals surface area (Å²) in [4.78, 5) is 25.4. The molecule has 1 fully saturated rings. The molecular weight excluding hydrogens is 486 g/mol. The zero-order chi connectivity index (χ0) is 25.0. The van der Waals surface area contributed by atoms with Crippen molar-refractivity contribution >= 4 is 50.5 Å². The second-order valence-corrected chi connectivity index (χ2v) is 10.9. The summed E-state index contributed by atoms with van der Waals surface area (Å²) >= 11 is 6.26. The van der Waals surface area contributed by atoms with Crippen LogP contribution in [0.3, 0.4) is 0 Å². The molecule has 0 unspecified atom stereocenters. The number of halogens is 1. The van der Waals surface area contributed by atoms with E-state index in [4.69, 9.17) is 11.6 Å². The fourth-order valence-corrected chi connectivity index (χ4v) is 5.72. The van der Waals surface area contributed by atoms with Crippen molar-refractivity contribution in [2.75, 3.05) is 27.2 Å². The van der Waals surface area contributed by atoms with Crippen LogP contribution in [0.4, 0.5) is 17.1 Å². The van der Waals surface area contributed by atoms with Gasteiger partial charge >= 0.3 is 0 Å². The van der Waals surface area contributed by atoms with E-state index in [0.29, 0.717) is 46.2 Å². The van der Waals surface area contributed by atoms with E-state index in [9.17, 15) is 18.0 Å². The summed E-state index contributed by atoms with van der Waals surface area (Å²) < 4.78 is 26.4. The first-order chi connectivity index (χ1) is 16.7. The Bertz CT molecular complexity index is 1360. The van der Waals surface area contributed by atoms with Crippen LogP contribution >= 0.6 is 11.6 Å². The Morgan fingerprint density at radius 2 is 1.60 bits per heavy atom. The first-order valence-corrected chi connectivity index (χ1v) is 13.3. The molecule has 182 valence electrons. The Labute approximate surface area is 210 Å². The van der Waals surface area contributed by atoms with Gasteiger partial charge in [-0.3, -0.25) is 13.9 Å². The molecule has 3 aromatic rings. The molecule has 0 aromatic heterocycles. The lowest BCUT2D eigenvalue weighted by Crippen LogP contribution is -2.32. The van der Waals surface area contributed by atoms with Crippen molar-refractivity contribution in [1.82, 2.24) is 0 Å². The highest BCUT2D eigenvalue weighted by Gasteiger charge is 2.24. The van der Waals surface area contributed by atoms with Gasteiger partial charge in [-0.1, -0.05) is 35.7 Å². The number of nitrogens with zero attached hydrogens (tertiary/aromatic N) is 1. The van der Waals surface area contributed by atoms with E-state index in [0.717, 1.165) is 18.4 Å². The van der Waals surface area contributed by atoms with Crippen LogP contribution < -0.4 is 14.9 Å². The Hall–Kier alpha value is -3.36. The molecule has 7 nitrogen and oxygen atoms in total. The number of carbonyl (C=O) groups is 2. The highest BCUT2D eigenvalue weighted by molar-refractivity contribution is 7.92. The van der Waals surface area contributed by atoms with Gasteiger partial charge in [0.1, 0.15) is 0 Å². The average Bonchev–Trinajstić information content (AvgIpc) is 3.01. The van der Waals surface area contributed by atoms with Gasteiger partial charge in [-0.2, -0.15) is 0 Å². The van der Waals surface area contributed by atoms with Crippen molar-refractivity contribution in [2.45, 2.75) is 26.2 Å². The fraction of sp³-hybridized carbons (Fsp3) is 0.231. The summed E-state index contributed by atoms with van der Waals surface area (Å²) in [5.74, 6) is -0.541. The minimum atomic E-state index is -3.35. The van der Waals surface area contributed by atoms with Crippen molar-refractivity contribution < 1.29 is 18.0 Å². The van der Waals surface area contributed by atoms with Gasteiger partial charge in [0.2, 0.25) is 10.0 Å². The summed E-state index contributed by atoms with van der Waals surface area (Å²) in [6.07, 6.45) is 2.35. The van der Waals surface area contributed by atoms with Crippen LogP contribution in [-0.2, 0) is 10.0 Å². The van der Waals surface area contributed by atoms with Gasteiger partial charge in [0.25, 0.3) is 11.8 Å². The van der Waals surface area contributed by atoms with E-state index in [2.05, 4.69) is 10.6 Å². The van der Waals surface area contributed by atoms with Crippen molar-refractivity contribution in [1.29, 1.82) is 0 Å². The van der Waals surface area contributed by atoms with Gasteiger partial charge < -0.3 is 10.6 Å². The minimum Gasteiger partial charge on any atom is -0.322 e. The average molecular weight is 512 g/mol. The molecule has 1 saturated heterocycles. The summed E-state index contributed by atoms with van der Waals surface area (Å²) in [7, 11) is -3.35. The predicted octanol–water partition coefficient (Wildman–Crippen LogP) is 5.47. The smallest absolute Gasteiger partial charge is 0.255 e. The van der Waals surface area contributed by atoms with Crippen molar-refractivity contribution in [3.05, 3.63) is 88.4 Å². The largest absolute Gasteiger partial charge is 0.322 e. The van der Waals surface area contributed by atoms with Gasteiger partial charge in [-0.25, -0.2) is 8.42 Å². The van der Waals surface area contributed by atoms with Gasteiger partial charge in [0.15, 0.2) is 0 Å². The molecule has 1 aliphatic heterocycles. The number of amides is 2. The van der Waals surface area contributed by atoms with Crippen LogP contribution in [0.1, 0.15) is 45.5 Å². The Kier molecular flexibility index (Phi) is 7.42. The molecule has 0 spiro atoms. The van der Waals surface area contributed by atoms with Crippen LogP contribution in [0.5, 0.6) is 0 Å². The van der Waals surface area contributed by atoms with Crippen molar-refractivity contribution in [3.8, 4) is 0 Å². The highest BCUT2D eigenvalue weighted by Crippen LogP contribution is 2.27. The van der Waals surface area contributed by atoms with E-state index in [1.165, 1.54) is 4.31 Å². The third-order valence-corrected chi connectivity index (χ3v) is 7.97. The second kappa shape index (κ2) is 10.5. The Morgan fingerprint density at radius 3 is 2.34 bits per heavy atom. The van der Waals surface area contributed by atoms with E-state index < -0.39 is 10.0 Å². The number of hydrogen-bond acceptors (Lipinski definition) is 4. The predicted molar refractivity (Wildman–Crippen MR) is 140 cm³/mol. The standard InChI is InChI=1S/C26H26ClN3O4S/c1-18-6-5-7-20(16-18)26(32)29-24-17-21(10-13-23(24)27)28-25(31)19-8-11-22(12-9-19)30-14-3-2-4-15-35(30,33)34/h5-13,16-17H,2-4,14-15H2,1H3,(H,28,31)(H,29,32). The zero-order valence-electron chi connectivity index (χ0n) is 19.3. The number of benzene rings is 3. The molecule has 0 aliphatic carbocycles. The number of hydrogen-bond donors (Lipinski definition) is 2. The Balaban J connectivity index is 1.46. The normalized spacial score (nSPS) is 15.2. The van der Waals surface area contributed by atoms with Gasteiger partial charge in [-0.15, -0.1) is 0 Å². The third-order valence-electron chi connectivity index (χ3n) is 5.77. The number of carbonyl (C=O) groups excluding carboxylic acids is 2. The number of sulfonamides is 1. The van der Waals surface area contributed by atoms with Gasteiger partial charge in [-0.05, 0) is 74.4 Å². The van der Waals surface area contributed by atoms with Gasteiger partial charge in [0.05, 0.1) is 22.2 Å². The lowest BCUT2D eigenvalue weighted by atomic mass is 10.1. The zero-order valence-corrected chi connectivity index (χ0v) is 20.8. The molecule has 0 radical (unpaired) electrons. The monoisotopic (exact) mass is 511 g/mol. The van der Waals surface area contributed by atoms with Crippen LogP contribution in [0, 0.1) is 6.92 Å². The minimum absolute atomic E-state index is 0.133.